The van der Waals surface area contributed by atoms with Gasteiger partial charge in [0.2, 0.25) is 11.9 Å². The van der Waals surface area contributed by atoms with Gasteiger partial charge in [0.25, 0.3) is 11.8 Å². The van der Waals surface area contributed by atoms with Gasteiger partial charge in [0.05, 0.1) is 69.7 Å². The molecule has 0 saturated heterocycles. The SMILES string of the molecule is NC(=O)c1c(C(=O)Nc2cc(NC(=O)Cc3ccc(OC(F)(F)F)cc3)cnc2F)nn(C2CC2)c1NCCOCCOCCOCCNC(=C=O)C1CC2C=CC1C2. The van der Waals surface area contributed by atoms with Gasteiger partial charge in [0.15, 0.2) is 5.69 Å². The summed E-state index contributed by atoms with van der Waals surface area (Å²) in [4.78, 5) is 53.7. The summed E-state index contributed by atoms with van der Waals surface area (Å²) < 4.78 is 74.2. The minimum Gasteiger partial charge on any atom is -0.406 e. The minimum absolute atomic E-state index is 0.00149. The molecule has 16 nitrogen and oxygen atoms in total. The Morgan fingerprint density at radius 1 is 0.932 bits per heavy atom. The molecule has 0 aliphatic heterocycles. The molecule has 3 aliphatic rings. The number of fused-ring (bicyclic) bond motifs is 2. The van der Waals surface area contributed by atoms with Crippen LogP contribution in [-0.4, -0.2) is 97.5 Å². The van der Waals surface area contributed by atoms with Gasteiger partial charge in [-0.25, -0.2) is 14.5 Å². The van der Waals surface area contributed by atoms with Crippen molar-refractivity contribution in [3.8, 4) is 5.75 Å². The van der Waals surface area contributed by atoms with Gasteiger partial charge in [0, 0.05) is 19.0 Å². The van der Waals surface area contributed by atoms with E-state index in [1.54, 1.807) is 0 Å². The van der Waals surface area contributed by atoms with Crippen molar-refractivity contribution >= 4 is 40.9 Å². The molecule has 3 aromatic rings. The van der Waals surface area contributed by atoms with Crippen molar-refractivity contribution < 1.29 is 55.7 Å². The molecule has 316 valence electrons. The van der Waals surface area contributed by atoms with E-state index in [0.717, 1.165) is 50.1 Å². The summed E-state index contributed by atoms with van der Waals surface area (Å²) >= 11 is 0. The van der Waals surface area contributed by atoms with E-state index in [-0.39, 0.29) is 60.9 Å². The molecule has 20 heteroatoms. The van der Waals surface area contributed by atoms with E-state index in [2.05, 4.69) is 54.2 Å². The number of allylic oxidation sites excluding steroid dienone is 3. The molecule has 2 saturated carbocycles. The normalized spacial score (nSPS) is 18.0. The maximum atomic E-state index is 14.8. The first-order valence-electron chi connectivity index (χ1n) is 19.1. The lowest BCUT2D eigenvalue weighted by molar-refractivity contribution is -0.274. The molecule has 3 atom stereocenters. The topological polar surface area (TPSA) is 210 Å². The molecule has 0 radical (unpaired) electrons. The lowest BCUT2D eigenvalue weighted by Crippen LogP contribution is -2.27. The molecule has 2 heterocycles. The molecule has 6 rings (SSSR count). The second-order valence-electron chi connectivity index (χ2n) is 14.1. The smallest absolute Gasteiger partial charge is 0.406 e. The molecule has 0 spiro atoms. The molecule has 3 unspecified atom stereocenters. The summed E-state index contributed by atoms with van der Waals surface area (Å²) in [5.74, 6) is -0.596. The van der Waals surface area contributed by atoms with Gasteiger partial charge < -0.3 is 45.9 Å². The first-order valence-corrected chi connectivity index (χ1v) is 19.1. The van der Waals surface area contributed by atoms with Crippen molar-refractivity contribution in [3.63, 3.8) is 0 Å². The summed E-state index contributed by atoms with van der Waals surface area (Å²) in [6, 6.07) is 5.68. The number of ether oxygens (including phenoxy) is 4. The van der Waals surface area contributed by atoms with Crippen LogP contribution in [0, 0.1) is 23.7 Å². The van der Waals surface area contributed by atoms with Crippen LogP contribution >= 0.6 is 0 Å². The van der Waals surface area contributed by atoms with Crippen molar-refractivity contribution in [3.05, 3.63) is 77.1 Å². The van der Waals surface area contributed by atoms with Crippen molar-refractivity contribution in [2.45, 2.75) is 44.5 Å². The monoisotopic (exact) mass is 828 g/mol. The van der Waals surface area contributed by atoms with Gasteiger partial charge in [-0.3, -0.25) is 14.4 Å². The van der Waals surface area contributed by atoms with E-state index in [0.29, 0.717) is 56.1 Å². The maximum Gasteiger partial charge on any atom is 0.573 e. The lowest BCUT2D eigenvalue weighted by atomic mass is 9.91. The van der Waals surface area contributed by atoms with Crippen LogP contribution in [0.5, 0.6) is 5.75 Å². The number of anilines is 3. The second kappa shape index (κ2) is 19.8. The number of rotatable bonds is 23. The molecular formula is C39H44F4N8O8. The Labute approximate surface area is 335 Å². The molecule has 6 N–H and O–H groups in total. The second-order valence-corrected chi connectivity index (χ2v) is 14.1. The number of carbonyl (C=O) groups is 3. The standard InChI is InChI=1S/C39H44F4N8O8/c40-35-30(20-26(21-47-35)48-32(53)19-23-2-7-28(8-3-23)59-39(41,42)43)49-38(55)34-33(36(44)54)37(51(50-34)27-5-6-27)46-10-12-57-14-16-58-15-13-56-11-9-45-31(22-52)29-18-24-1-4-25(29)17-24/h1-4,7-8,20-21,24-25,27,29,45-46H,5-6,9-19H2,(H2,44,54)(H,48,53)(H,49,55). The Balaban J connectivity index is 0.921. The zero-order chi connectivity index (χ0) is 41.9. The third-order valence-corrected chi connectivity index (χ3v) is 9.76. The van der Waals surface area contributed by atoms with Crippen LogP contribution in [0.1, 0.15) is 58.1 Å². The van der Waals surface area contributed by atoms with Crippen molar-refractivity contribution in [1.82, 2.24) is 20.1 Å². The number of primary amides is 1. The van der Waals surface area contributed by atoms with Crippen LogP contribution in [0.3, 0.4) is 0 Å². The molecule has 2 fully saturated rings. The number of pyridine rings is 1. The van der Waals surface area contributed by atoms with Crippen molar-refractivity contribution in [2.75, 3.05) is 68.7 Å². The third-order valence-electron chi connectivity index (χ3n) is 9.76. The first-order chi connectivity index (χ1) is 28.4. The van der Waals surface area contributed by atoms with Crippen molar-refractivity contribution in [1.29, 1.82) is 0 Å². The van der Waals surface area contributed by atoms with Gasteiger partial charge in [0.1, 0.15) is 28.8 Å². The molecule has 3 aliphatic carbocycles. The van der Waals surface area contributed by atoms with Gasteiger partial charge >= 0.3 is 6.36 Å². The average Bonchev–Trinajstić information content (AvgIpc) is 3.61. The van der Waals surface area contributed by atoms with E-state index < -0.39 is 41.5 Å². The van der Waals surface area contributed by atoms with Gasteiger partial charge in [-0.05, 0) is 61.3 Å². The molecule has 2 bridgehead atoms. The van der Waals surface area contributed by atoms with Crippen LogP contribution in [0.4, 0.5) is 34.8 Å². The zero-order valence-corrected chi connectivity index (χ0v) is 31.8. The van der Waals surface area contributed by atoms with Gasteiger partial charge in [-0.2, -0.15) is 9.49 Å². The highest BCUT2D eigenvalue weighted by Crippen LogP contribution is 2.45. The zero-order valence-electron chi connectivity index (χ0n) is 31.8. The Morgan fingerprint density at radius 2 is 1.63 bits per heavy atom. The van der Waals surface area contributed by atoms with Crippen LogP contribution in [0.15, 0.2) is 54.4 Å². The highest BCUT2D eigenvalue weighted by Gasteiger charge is 2.38. The van der Waals surface area contributed by atoms with E-state index in [4.69, 9.17) is 19.9 Å². The highest BCUT2D eigenvalue weighted by atomic mass is 19.4. The molecule has 3 amide bonds. The van der Waals surface area contributed by atoms with Gasteiger partial charge in [-0.1, -0.05) is 24.3 Å². The summed E-state index contributed by atoms with van der Waals surface area (Å²) in [5, 5.41) is 15.4. The minimum atomic E-state index is -4.86. The van der Waals surface area contributed by atoms with E-state index >= 15 is 0 Å². The van der Waals surface area contributed by atoms with E-state index in [9.17, 15) is 36.7 Å². The Kier molecular flexibility index (Phi) is 14.3. The first kappa shape index (κ1) is 42.8. The maximum absolute atomic E-state index is 14.8. The van der Waals surface area contributed by atoms with Crippen LogP contribution in [-0.2, 0) is 30.2 Å². The van der Waals surface area contributed by atoms with Crippen LogP contribution < -0.4 is 31.7 Å². The number of nitrogens with one attached hydrogen (secondary N) is 4. The summed E-state index contributed by atoms with van der Waals surface area (Å²) in [6.07, 6.45) is 3.89. The fraction of sp³-hybridized carbons (Fsp3) is 0.462. The molecule has 2 aromatic heterocycles. The summed E-state index contributed by atoms with van der Waals surface area (Å²) in [6.45, 7) is 2.66. The third kappa shape index (κ3) is 12.1. The summed E-state index contributed by atoms with van der Waals surface area (Å²) in [7, 11) is 0. The van der Waals surface area contributed by atoms with Crippen LogP contribution in [0.2, 0.25) is 0 Å². The van der Waals surface area contributed by atoms with E-state index in [1.165, 1.54) is 16.8 Å². The molecule has 1 aromatic carbocycles. The van der Waals surface area contributed by atoms with Crippen molar-refractivity contribution in [2.24, 2.45) is 23.5 Å². The number of benzene rings is 1. The lowest BCUT2D eigenvalue weighted by Gasteiger charge is -2.20. The van der Waals surface area contributed by atoms with E-state index in [1.807, 2.05) is 0 Å². The quantitative estimate of drug-likeness (QED) is 0.0300. The molecule has 59 heavy (non-hydrogen) atoms. The van der Waals surface area contributed by atoms with Gasteiger partial charge in [-0.15, -0.1) is 13.2 Å². The molecular weight excluding hydrogens is 784 g/mol. The summed E-state index contributed by atoms with van der Waals surface area (Å²) in [5.41, 5.74) is 5.68. The Bertz CT molecular complexity index is 2050. The fourth-order valence-corrected chi connectivity index (χ4v) is 6.96. The predicted octanol–water partition coefficient (Wildman–Crippen LogP) is 4.16. The number of hydrogen-bond acceptors (Lipinski definition) is 12. The number of aromatic nitrogens is 3. The fourth-order valence-electron chi connectivity index (χ4n) is 6.96. The Morgan fingerprint density at radius 3 is 2.24 bits per heavy atom. The number of amides is 3. The number of carbonyl (C=O) groups excluding carboxylic acids is 4. The highest BCUT2D eigenvalue weighted by molar-refractivity contribution is 6.13. The number of halogens is 4. The average molecular weight is 829 g/mol. The predicted molar refractivity (Wildman–Crippen MR) is 204 cm³/mol. The number of nitrogens with zero attached hydrogens (tertiary/aromatic N) is 3. The largest absolute Gasteiger partial charge is 0.573 e. The number of alkyl halides is 3. The number of hydrogen-bond donors (Lipinski definition) is 5. The van der Waals surface area contributed by atoms with Crippen LogP contribution in [0.25, 0.3) is 0 Å². The number of nitrogens with two attached hydrogens (primary N) is 1. The Hall–Kier alpha value is -5.82.